The molecule has 1 aromatic rings. The number of rotatable bonds is 2. The second kappa shape index (κ2) is 5.02. The Morgan fingerprint density at radius 2 is 2.14 bits per heavy atom. The third-order valence-corrected chi connectivity index (χ3v) is 6.60. The first-order chi connectivity index (χ1) is 10.2. The zero-order valence-electron chi connectivity index (χ0n) is 12.5. The van der Waals surface area contributed by atoms with Crippen LogP contribution in [0.3, 0.4) is 0 Å². The van der Waals surface area contributed by atoms with Crippen molar-refractivity contribution in [1.29, 1.82) is 0 Å². The highest BCUT2D eigenvalue weighted by Crippen LogP contribution is 2.47. The Balaban J connectivity index is 1.35. The number of likely N-dealkylation sites (tertiary alicyclic amines) is 2. The number of imidazole rings is 1. The fourth-order valence-corrected chi connectivity index (χ4v) is 5.54. The molecule has 0 aromatic carbocycles. The molecule has 6 heteroatoms. The molecule has 4 rings (SSSR count). The number of aromatic nitrogens is 2. The van der Waals surface area contributed by atoms with E-state index in [0.717, 1.165) is 19.1 Å². The topological polar surface area (TPSA) is 41.4 Å². The maximum absolute atomic E-state index is 12.3. The molecule has 3 aliphatic rings. The molecule has 1 unspecified atom stereocenters. The Labute approximate surface area is 129 Å². The van der Waals surface area contributed by atoms with Crippen LogP contribution in [0.4, 0.5) is 0 Å². The van der Waals surface area contributed by atoms with E-state index in [9.17, 15) is 4.79 Å². The number of carbonyl (C=O) groups is 1. The maximum atomic E-state index is 12.3. The van der Waals surface area contributed by atoms with Crippen LogP contribution < -0.4 is 0 Å². The molecule has 1 spiro atoms. The highest BCUT2D eigenvalue weighted by atomic mass is 32.2. The van der Waals surface area contributed by atoms with Crippen molar-refractivity contribution in [2.75, 3.05) is 31.9 Å². The van der Waals surface area contributed by atoms with E-state index in [2.05, 4.69) is 21.6 Å². The summed E-state index contributed by atoms with van der Waals surface area (Å²) in [5.41, 5.74) is 0.575. The summed E-state index contributed by atoms with van der Waals surface area (Å²) in [6.07, 6.45) is 7.47. The van der Waals surface area contributed by atoms with E-state index in [0.29, 0.717) is 10.4 Å². The van der Waals surface area contributed by atoms with Gasteiger partial charge in [-0.15, -0.1) is 11.8 Å². The predicted molar refractivity (Wildman–Crippen MR) is 83.5 cm³/mol. The quantitative estimate of drug-likeness (QED) is 0.824. The van der Waals surface area contributed by atoms with Crippen molar-refractivity contribution in [3.8, 4) is 0 Å². The summed E-state index contributed by atoms with van der Waals surface area (Å²) in [5, 5.41) is 0. The molecule has 3 aliphatic heterocycles. The van der Waals surface area contributed by atoms with Gasteiger partial charge in [-0.1, -0.05) is 0 Å². The van der Waals surface area contributed by atoms with Gasteiger partial charge in [0.15, 0.2) is 0 Å². The van der Waals surface area contributed by atoms with Gasteiger partial charge in [-0.2, -0.15) is 0 Å². The van der Waals surface area contributed by atoms with Gasteiger partial charge in [-0.3, -0.25) is 9.69 Å². The third-order valence-electron chi connectivity index (χ3n) is 5.02. The normalized spacial score (nSPS) is 28.2. The fraction of sp³-hybridized carbons (Fsp3) is 0.733. The Morgan fingerprint density at radius 1 is 1.38 bits per heavy atom. The summed E-state index contributed by atoms with van der Waals surface area (Å²) < 4.78 is 2.16. The van der Waals surface area contributed by atoms with E-state index >= 15 is 0 Å². The lowest BCUT2D eigenvalue weighted by Gasteiger charge is -2.47. The van der Waals surface area contributed by atoms with Crippen LogP contribution in [0.5, 0.6) is 0 Å². The first-order valence-corrected chi connectivity index (χ1v) is 8.79. The SMILES string of the molecule is Cn1cnc(C(=O)N2CC3(CC(N4CCCC4)CS3)C2)c1. The molecule has 0 bridgehead atoms. The highest BCUT2D eigenvalue weighted by Gasteiger charge is 2.51. The van der Waals surface area contributed by atoms with Gasteiger partial charge in [0.1, 0.15) is 5.69 Å². The number of hydrogen-bond donors (Lipinski definition) is 0. The first-order valence-electron chi connectivity index (χ1n) is 7.80. The molecule has 0 radical (unpaired) electrons. The molecule has 21 heavy (non-hydrogen) atoms. The van der Waals surface area contributed by atoms with Crippen LogP contribution in [0.1, 0.15) is 29.8 Å². The molecular formula is C15H22N4OS. The Morgan fingerprint density at radius 3 is 2.81 bits per heavy atom. The highest BCUT2D eigenvalue weighted by molar-refractivity contribution is 8.01. The van der Waals surface area contributed by atoms with Crippen LogP contribution in [0.25, 0.3) is 0 Å². The molecule has 5 nitrogen and oxygen atoms in total. The van der Waals surface area contributed by atoms with Gasteiger partial charge >= 0.3 is 0 Å². The number of amides is 1. The average molecular weight is 306 g/mol. The van der Waals surface area contributed by atoms with Gasteiger partial charge in [0.2, 0.25) is 0 Å². The average Bonchev–Trinajstić information content (AvgIpc) is 3.15. The summed E-state index contributed by atoms with van der Waals surface area (Å²) in [6.45, 7) is 4.35. The summed E-state index contributed by atoms with van der Waals surface area (Å²) in [4.78, 5) is 21.1. The molecule has 3 fully saturated rings. The van der Waals surface area contributed by atoms with E-state index < -0.39 is 0 Å². The lowest BCUT2D eigenvalue weighted by molar-refractivity contribution is 0.0527. The lowest BCUT2D eigenvalue weighted by Crippen LogP contribution is -2.61. The van der Waals surface area contributed by atoms with Gasteiger partial charge in [0, 0.05) is 38.1 Å². The molecular weight excluding hydrogens is 284 g/mol. The maximum Gasteiger partial charge on any atom is 0.274 e. The Hall–Kier alpha value is -1.01. The van der Waals surface area contributed by atoms with Gasteiger partial charge < -0.3 is 9.47 Å². The van der Waals surface area contributed by atoms with Crippen LogP contribution in [0.2, 0.25) is 0 Å². The second-order valence-electron chi connectivity index (χ2n) is 6.68. The van der Waals surface area contributed by atoms with Gasteiger partial charge in [-0.05, 0) is 32.4 Å². The molecule has 0 N–H and O–H groups in total. The Bertz CT molecular complexity index is 546. The minimum atomic E-state index is 0.0893. The van der Waals surface area contributed by atoms with Crippen LogP contribution in [0, 0.1) is 0 Å². The molecule has 3 saturated heterocycles. The number of thioether (sulfide) groups is 1. The molecule has 1 amide bonds. The Kier molecular flexibility index (Phi) is 3.26. The van der Waals surface area contributed by atoms with Crippen molar-refractivity contribution >= 4 is 17.7 Å². The van der Waals surface area contributed by atoms with Crippen molar-refractivity contribution in [2.24, 2.45) is 7.05 Å². The summed E-state index contributed by atoms with van der Waals surface area (Å²) >= 11 is 2.09. The molecule has 0 saturated carbocycles. The van der Waals surface area contributed by atoms with Gasteiger partial charge in [0.05, 0.1) is 11.1 Å². The molecule has 1 aromatic heterocycles. The van der Waals surface area contributed by atoms with Crippen molar-refractivity contribution in [2.45, 2.75) is 30.1 Å². The van der Waals surface area contributed by atoms with Gasteiger partial charge in [-0.25, -0.2) is 4.98 Å². The van der Waals surface area contributed by atoms with Gasteiger partial charge in [0.25, 0.3) is 5.91 Å². The molecule has 0 aliphatic carbocycles. The van der Waals surface area contributed by atoms with E-state index in [1.54, 1.807) is 6.33 Å². The van der Waals surface area contributed by atoms with E-state index in [1.807, 2.05) is 22.7 Å². The molecule has 1 atom stereocenters. The van der Waals surface area contributed by atoms with Crippen LogP contribution in [-0.2, 0) is 7.05 Å². The smallest absolute Gasteiger partial charge is 0.274 e. The molecule has 4 heterocycles. The summed E-state index contributed by atoms with van der Waals surface area (Å²) in [7, 11) is 1.90. The van der Waals surface area contributed by atoms with E-state index in [-0.39, 0.29) is 5.91 Å². The zero-order chi connectivity index (χ0) is 14.4. The standard InChI is InChI=1S/C15H22N4OS/c1-17-7-13(16-11-17)14(20)19-9-15(10-19)6-12(8-21-15)18-4-2-3-5-18/h7,11-12H,2-6,8-10H2,1H3. The van der Waals surface area contributed by atoms with Crippen molar-refractivity contribution in [3.05, 3.63) is 18.2 Å². The van der Waals surface area contributed by atoms with Crippen LogP contribution in [0.15, 0.2) is 12.5 Å². The van der Waals surface area contributed by atoms with Crippen molar-refractivity contribution < 1.29 is 4.79 Å². The van der Waals surface area contributed by atoms with E-state index in [4.69, 9.17) is 0 Å². The minimum absolute atomic E-state index is 0.0893. The number of nitrogens with zero attached hydrogens (tertiary/aromatic N) is 4. The van der Waals surface area contributed by atoms with Crippen LogP contribution in [-0.4, -0.2) is 68.0 Å². The second-order valence-corrected chi connectivity index (χ2v) is 8.17. The van der Waals surface area contributed by atoms with E-state index in [1.165, 1.54) is 38.1 Å². The molecule has 114 valence electrons. The monoisotopic (exact) mass is 306 g/mol. The zero-order valence-corrected chi connectivity index (χ0v) is 13.3. The number of carbonyl (C=O) groups excluding carboxylic acids is 1. The van der Waals surface area contributed by atoms with Crippen molar-refractivity contribution in [1.82, 2.24) is 19.4 Å². The third kappa shape index (κ3) is 2.38. The largest absolute Gasteiger partial charge is 0.340 e. The van der Waals surface area contributed by atoms with Crippen LogP contribution >= 0.6 is 11.8 Å². The number of aryl methyl sites for hydroxylation is 1. The fourth-order valence-electron chi connectivity index (χ4n) is 3.86. The lowest BCUT2D eigenvalue weighted by atomic mass is 9.91. The summed E-state index contributed by atoms with van der Waals surface area (Å²) in [6, 6.07) is 0.740. The predicted octanol–water partition coefficient (Wildman–Crippen LogP) is 1.22. The first kappa shape index (κ1) is 13.6. The minimum Gasteiger partial charge on any atom is -0.340 e. The van der Waals surface area contributed by atoms with Crippen molar-refractivity contribution in [3.63, 3.8) is 0 Å². The summed E-state index contributed by atoms with van der Waals surface area (Å²) in [5.74, 6) is 1.33. The number of hydrogen-bond acceptors (Lipinski definition) is 4.